The first-order chi connectivity index (χ1) is 16.4. The van der Waals surface area contributed by atoms with Gasteiger partial charge in [-0.15, -0.1) is 4.33 Å². The minimum absolute atomic E-state index is 0.380. The fourth-order valence-electron chi connectivity index (χ4n) is 3.99. The molecule has 0 aliphatic carbocycles. The summed E-state index contributed by atoms with van der Waals surface area (Å²) >= 11 is 1.21. The number of halogens is 3. The lowest BCUT2D eigenvalue weighted by Crippen LogP contribution is -2.43. The van der Waals surface area contributed by atoms with Gasteiger partial charge in [-0.2, -0.15) is 13.2 Å². The average molecular weight is 500 g/mol. The Kier molecular flexibility index (Phi) is 8.35. The molecule has 2 saturated heterocycles. The second-order valence-electron chi connectivity index (χ2n) is 8.22. The summed E-state index contributed by atoms with van der Waals surface area (Å²) in [6, 6.07) is 6.45. The summed E-state index contributed by atoms with van der Waals surface area (Å²) in [5, 5.41) is 0. The number of aromatic nitrogens is 2. The minimum atomic E-state index is -4.36. The summed E-state index contributed by atoms with van der Waals surface area (Å²) in [5.41, 5.74) is -0.725. The maximum absolute atomic E-state index is 12.7. The van der Waals surface area contributed by atoms with Crippen LogP contribution in [0.25, 0.3) is 0 Å². The van der Waals surface area contributed by atoms with Crippen LogP contribution in [0.1, 0.15) is 18.4 Å². The van der Waals surface area contributed by atoms with Gasteiger partial charge in [0.25, 0.3) is 0 Å². The topological polar surface area (TPSA) is 63.2 Å². The first-order valence-corrected chi connectivity index (χ1v) is 11.9. The van der Waals surface area contributed by atoms with E-state index in [1.54, 1.807) is 6.20 Å². The molecule has 34 heavy (non-hydrogen) atoms. The summed E-state index contributed by atoms with van der Waals surface area (Å²) < 4.78 is 51.1. The number of alkyl halides is 3. The van der Waals surface area contributed by atoms with Gasteiger partial charge in [0.2, 0.25) is 0 Å². The van der Waals surface area contributed by atoms with Crippen molar-refractivity contribution in [3.05, 3.63) is 42.2 Å². The highest BCUT2D eigenvalue weighted by atomic mass is 32.2. The number of pyridine rings is 2. The lowest BCUT2D eigenvalue weighted by atomic mass is 9.98. The van der Waals surface area contributed by atoms with Gasteiger partial charge >= 0.3 is 6.18 Å². The predicted molar refractivity (Wildman–Crippen MR) is 123 cm³/mol. The highest BCUT2D eigenvalue weighted by molar-refractivity contribution is 7.92. The highest BCUT2D eigenvalue weighted by Crippen LogP contribution is 2.30. The van der Waals surface area contributed by atoms with Gasteiger partial charge in [0.05, 0.1) is 25.5 Å². The molecule has 0 amide bonds. The molecule has 0 unspecified atom stereocenters. The number of hydrogen-bond acceptors (Lipinski definition) is 9. The van der Waals surface area contributed by atoms with E-state index < -0.39 is 11.7 Å². The Morgan fingerprint density at radius 3 is 2.12 bits per heavy atom. The number of rotatable bonds is 8. The zero-order valence-corrected chi connectivity index (χ0v) is 19.7. The van der Waals surface area contributed by atoms with Gasteiger partial charge in [-0.25, -0.2) is 19.2 Å². The van der Waals surface area contributed by atoms with Gasteiger partial charge < -0.3 is 14.5 Å². The maximum Gasteiger partial charge on any atom is 0.417 e. The Morgan fingerprint density at radius 1 is 0.912 bits per heavy atom. The van der Waals surface area contributed by atoms with E-state index in [2.05, 4.69) is 24.1 Å². The van der Waals surface area contributed by atoms with Crippen LogP contribution in [-0.4, -0.2) is 67.3 Å². The smallest absolute Gasteiger partial charge is 0.417 e. The van der Waals surface area contributed by atoms with Crippen molar-refractivity contribution in [2.45, 2.75) is 19.0 Å². The summed E-state index contributed by atoms with van der Waals surface area (Å²) in [6.45, 7) is 5.44. The summed E-state index contributed by atoms with van der Waals surface area (Å²) in [5.74, 6) is 2.61. The Bertz CT molecular complexity index is 888. The Hall–Kier alpha value is -2.28. The molecule has 0 atom stereocenters. The normalized spacial score (nSPS) is 18.4. The molecule has 0 saturated carbocycles. The van der Waals surface area contributed by atoms with Crippen molar-refractivity contribution in [3.8, 4) is 5.75 Å². The third-order valence-corrected chi connectivity index (χ3v) is 6.76. The van der Waals surface area contributed by atoms with Crippen LogP contribution in [-0.2, 0) is 15.4 Å². The van der Waals surface area contributed by atoms with Crippen LogP contribution in [0, 0.1) is 5.92 Å². The van der Waals surface area contributed by atoms with Crippen molar-refractivity contribution in [2.75, 3.05) is 62.8 Å². The van der Waals surface area contributed by atoms with Crippen molar-refractivity contribution >= 4 is 23.9 Å². The third-order valence-electron chi connectivity index (χ3n) is 5.99. The van der Waals surface area contributed by atoms with Gasteiger partial charge in [0.1, 0.15) is 29.6 Å². The van der Waals surface area contributed by atoms with Crippen molar-refractivity contribution in [1.29, 1.82) is 0 Å². The molecule has 0 spiro atoms. The SMILES string of the molecule is COOSN1CCN(c2ccc(OCC3CCN(c4ccc(C(F)(F)F)cn4)CC3)cn2)CC1. The molecule has 0 bridgehead atoms. The molecule has 4 heterocycles. The average Bonchev–Trinajstić information content (AvgIpc) is 2.87. The van der Waals surface area contributed by atoms with Crippen LogP contribution in [0.2, 0.25) is 0 Å². The van der Waals surface area contributed by atoms with E-state index in [1.807, 2.05) is 17.0 Å². The van der Waals surface area contributed by atoms with E-state index in [9.17, 15) is 13.2 Å². The molecule has 4 rings (SSSR count). The molecular formula is C22H28F3N5O3S. The van der Waals surface area contributed by atoms with Crippen LogP contribution < -0.4 is 14.5 Å². The minimum Gasteiger partial charge on any atom is -0.492 e. The van der Waals surface area contributed by atoms with Gasteiger partial charge in [0, 0.05) is 45.5 Å². The highest BCUT2D eigenvalue weighted by Gasteiger charge is 2.31. The summed E-state index contributed by atoms with van der Waals surface area (Å²) in [4.78, 5) is 17.4. The van der Waals surface area contributed by atoms with Gasteiger partial charge in [-0.05, 0) is 43.0 Å². The number of nitrogens with zero attached hydrogens (tertiary/aromatic N) is 5. The van der Waals surface area contributed by atoms with Crippen LogP contribution in [0.4, 0.5) is 24.8 Å². The zero-order valence-electron chi connectivity index (χ0n) is 18.9. The molecule has 2 aromatic heterocycles. The van der Waals surface area contributed by atoms with E-state index in [4.69, 9.17) is 9.07 Å². The Labute approximate surface area is 201 Å². The fraction of sp³-hybridized carbons (Fsp3) is 0.545. The standard InChI is InChI=1S/C22H28F3N5O3S/c1-31-33-34-30-12-10-29(11-13-30)21-5-3-19(15-27-21)32-16-17-6-8-28(9-7-17)20-4-2-18(14-26-20)22(23,24)25/h2-5,14-15,17H,6-13,16H2,1H3. The second kappa shape index (κ2) is 11.4. The quantitative estimate of drug-likeness (QED) is 0.232. The number of piperidine rings is 1. The van der Waals surface area contributed by atoms with Gasteiger partial charge in [0.15, 0.2) is 0 Å². The van der Waals surface area contributed by atoms with Crippen molar-refractivity contribution in [2.24, 2.45) is 5.92 Å². The van der Waals surface area contributed by atoms with E-state index in [0.717, 1.165) is 75.9 Å². The summed E-state index contributed by atoms with van der Waals surface area (Å²) in [7, 11) is 1.49. The van der Waals surface area contributed by atoms with Crippen molar-refractivity contribution < 1.29 is 27.1 Å². The number of ether oxygens (including phenoxy) is 1. The Balaban J connectivity index is 1.19. The number of anilines is 2. The first kappa shape index (κ1) is 24.8. The first-order valence-electron chi connectivity index (χ1n) is 11.2. The largest absolute Gasteiger partial charge is 0.492 e. The van der Waals surface area contributed by atoms with E-state index >= 15 is 0 Å². The molecule has 0 radical (unpaired) electrons. The third kappa shape index (κ3) is 6.65. The number of piperazine rings is 1. The molecular weight excluding hydrogens is 471 g/mol. The van der Waals surface area contributed by atoms with Crippen LogP contribution in [0.5, 0.6) is 5.75 Å². The molecule has 12 heteroatoms. The molecule has 0 N–H and O–H groups in total. The molecule has 0 aromatic carbocycles. The molecule has 2 aliphatic heterocycles. The zero-order chi connectivity index (χ0) is 24.0. The molecule has 2 fully saturated rings. The molecule has 186 valence electrons. The monoisotopic (exact) mass is 499 g/mol. The van der Waals surface area contributed by atoms with E-state index in [1.165, 1.54) is 25.4 Å². The molecule has 2 aromatic rings. The van der Waals surface area contributed by atoms with Crippen molar-refractivity contribution in [3.63, 3.8) is 0 Å². The summed E-state index contributed by atoms with van der Waals surface area (Å²) in [6.07, 6.45) is 0.0742. The van der Waals surface area contributed by atoms with E-state index in [-0.39, 0.29) is 0 Å². The lowest BCUT2D eigenvalue weighted by Gasteiger charge is -2.33. The van der Waals surface area contributed by atoms with E-state index in [0.29, 0.717) is 18.3 Å². The number of hydrogen-bond donors (Lipinski definition) is 0. The van der Waals surface area contributed by atoms with Gasteiger partial charge in [-0.3, -0.25) is 0 Å². The second-order valence-corrected chi connectivity index (χ2v) is 9.02. The van der Waals surface area contributed by atoms with Crippen molar-refractivity contribution in [1.82, 2.24) is 14.3 Å². The van der Waals surface area contributed by atoms with Gasteiger partial charge in [-0.1, -0.05) is 0 Å². The van der Waals surface area contributed by atoms with Crippen LogP contribution in [0.3, 0.4) is 0 Å². The maximum atomic E-state index is 12.7. The fourth-order valence-corrected chi connectivity index (χ4v) is 4.45. The predicted octanol–water partition coefficient (Wildman–Crippen LogP) is 4.05. The van der Waals surface area contributed by atoms with Crippen LogP contribution >= 0.6 is 12.2 Å². The van der Waals surface area contributed by atoms with Crippen LogP contribution in [0.15, 0.2) is 36.7 Å². The lowest BCUT2D eigenvalue weighted by molar-refractivity contribution is -0.163. The Morgan fingerprint density at radius 2 is 1.56 bits per heavy atom. The molecule has 2 aliphatic rings. The molecule has 8 nitrogen and oxygen atoms in total.